The maximum Gasteiger partial charge on any atom is 0.338 e. The molecule has 2 rings (SSSR count). The van der Waals surface area contributed by atoms with Crippen LogP contribution in [0.15, 0.2) is 47.1 Å². The van der Waals surface area contributed by atoms with Crippen LogP contribution in [0.3, 0.4) is 0 Å². The van der Waals surface area contributed by atoms with Gasteiger partial charge in [0.25, 0.3) is 0 Å². The summed E-state index contributed by atoms with van der Waals surface area (Å²) < 4.78 is 24.1. The number of allylic oxidation sites excluding steroid dienone is 2. The Morgan fingerprint density at radius 2 is 2.17 bits per heavy atom. The lowest BCUT2D eigenvalue weighted by molar-refractivity contribution is -0.143. The van der Waals surface area contributed by atoms with Crippen molar-refractivity contribution >= 4 is 5.97 Å². The van der Waals surface area contributed by atoms with E-state index in [9.17, 15) is 14.4 Å². The van der Waals surface area contributed by atoms with Gasteiger partial charge in [-0.1, -0.05) is 12.1 Å². The van der Waals surface area contributed by atoms with Gasteiger partial charge in [0, 0.05) is 0 Å². The molecule has 6 heteroatoms. The summed E-state index contributed by atoms with van der Waals surface area (Å²) in [5.74, 6) is -1.77. The highest BCUT2D eigenvalue weighted by molar-refractivity contribution is 5.92. The van der Waals surface area contributed by atoms with Gasteiger partial charge in [-0.25, -0.2) is 9.18 Å². The Hall–Kier alpha value is -2.81. The van der Waals surface area contributed by atoms with Crippen molar-refractivity contribution in [2.75, 3.05) is 0 Å². The van der Waals surface area contributed by atoms with Crippen LogP contribution in [-0.2, 0) is 14.3 Å². The van der Waals surface area contributed by atoms with Gasteiger partial charge in [0.05, 0.1) is 17.6 Å². The van der Waals surface area contributed by atoms with Crippen LogP contribution in [0.1, 0.15) is 32.3 Å². The van der Waals surface area contributed by atoms with Crippen molar-refractivity contribution in [2.24, 2.45) is 5.73 Å². The Balaban J connectivity index is 2.59. The Morgan fingerprint density at radius 3 is 2.74 bits per heavy atom. The zero-order valence-electron chi connectivity index (χ0n) is 13.1. The molecule has 0 aliphatic carbocycles. The highest BCUT2D eigenvalue weighted by Gasteiger charge is 2.36. The third-order valence-electron chi connectivity index (χ3n) is 3.35. The molecule has 1 aromatic carbocycles. The van der Waals surface area contributed by atoms with E-state index in [1.54, 1.807) is 26.8 Å². The van der Waals surface area contributed by atoms with Gasteiger partial charge in [0.2, 0.25) is 5.88 Å². The first kappa shape index (κ1) is 16.6. The van der Waals surface area contributed by atoms with Crippen LogP contribution in [-0.4, -0.2) is 12.1 Å². The summed E-state index contributed by atoms with van der Waals surface area (Å²) in [5.41, 5.74) is 6.40. The molecule has 0 radical (unpaired) electrons. The molecule has 1 aliphatic heterocycles. The van der Waals surface area contributed by atoms with E-state index in [0.29, 0.717) is 5.56 Å². The SMILES string of the molecule is CC1=C(C(=O)OC(C)C)[C@@H](c2cccc(F)c2)C(C#N)=C(N)O1. The van der Waals surface area contributed by atoms with E-state index in [2.05, 4.69) is 0 Å². The molecule has 0 unspecified atom stereocenters. The number of ether oxygens (including phenoxy) is 2. The predicted molar refractivity (Wildman–Crippen MR) is 81.0 cm³/mol. The number of rotatable bonds is 3. The molecule has 0 spiro atoms. The van der Waals surface area contributed by atoms with Crippen LogP contribution < -0.4 is 5.73 Å². The fraction of sp³-hybridized carbons (Fsp3) is 0.294. The number of hydrogen-bond acceptors (Lipinski definition) is 5. The number of nitriles is 1. The molecule has 1 aliphatic rings. The summed E-state index contributed by atoms with van der Waals surface area (Å²) in [6.45, 7) is 4.98. The van der Waals surface area contributed by atoms with Gasteiger partial charge in [-0.3, -0.25) is 0 Å². The van der Waals surface area contributed by atoms with Gasteiger partial charge in [0.1, 0.15) is 23.2 Å². The van der Waals surface area contributed by atoms with Crippen LogP contribution >= 0.6 is 0 Å². The summed E-state index contributed by atoms with van der Waals surface area (Å²) in [5, 5.41) is 9.39. The maximum atomic E-state index is 13.6. The number of benzene rings is 1. The largest absolute Gasteiger partial charge is 0.459 e. The lowest BCUT2D eigenvalue weighted by Crippen LogP contribution is -2.26. The third kappa shape index (κ3) is 3.34. The van der Waals surface area contributed by atoms with Gasteiger partial charge in [-0.15, -0.1) is 0 Å². The van der Waals surface area contributed by atoms with E-state index in [4.69, 9.17) is 15.2 Å². The molecule has 0 bridgehead atoms. The topological polar surface area (TPSA) is 85.3 Å². The smallest absolute Gasteiger partial charge is 0.338 e. The molecule has 2 N–H and O–H groups in total. The fourth-order valence-electron chi connectivity index (χ4n) is 2.44. The fourth-order valence-corrected chi connectivity index (χ4v) is 2.44. The molecule has 0 fully saturated rings. The molecule has 1 aromatic rings. The first-order valence-electron chi connectivity index (χ1n) is 7.10. The second-order valence-corrected chi connectivity index (χ2v) is 5.40. The van der Waals surface area contributed by atoms with E-state index in [-0.39, 0.29) is 28.9 Å². The molecule has 0 aromatic heterocycles. The molecule has 0 amide bonds. The van der Waals surface area contributed by atoms with Gasteiger partial charge >= 0.3 is 5.97 Å². The third-order valence-corrected chi connectivity index (χ3v) is 3.35. The number of carbonyl (C=O) groups excluding carboxylic acids is 1. The zero-order valence-corrected chi connectivity index (χ0v) is 13.1. The van der Waals surface area contributed by atoms with E-state index >= 15 is 0 Å². The van der Waals surface area contributed by atoms with Crippen molar-refractivity contribution in [3.8, 4) is 6.07 Å². The Morgan fingerprint density at radius 1 is 1.48 bits per heavy atom. The van der Waals surface area contributed by atoms with E-state index in [0.717, 1.165) is 0 Å². The summed E-state index contributed by atoms with van der Waals surface area (Å²) in [6.07, 6.45) is -0.343. The minimum absolute atomic E-state index is 0.0527. The van der Waals surface area contributed by atoms with Crippen LogP contribution in [0, 0.1) is 17.1 Å². The number of hydrogen-bond donors (Lipinski definition) is 1. The number of carbonyl (C=O) groups is 1. The normalized spacial score (nSPS) is 17.8. The second-order valence-electron chi connectivity index (χ2n) is 5.40. The highest BCUT2D eigenvalue weighted by Crippen LogP contribution is 2.39. The van der Waals surface area contributed by atoms with E-state index in [1.165, 1.54) is 18.2 Å². The molecule has 0 saturated heterocycles. The van der Waals surface area contributed by atoms with Crippen LogP contribution in [0.25, 0.3) is 0 Å². The lowest BCUT2D eigenvalue weighted by Gasteiger charge is -2.27. The Kier molecular flexibility index (Phi) is 4.70. The second kappa shape index (κ2) is 6.53. The van der Waals surface area contributed by atoms with Crippen LogP contribution in [0.5, 0.6) is 0 Å². The van der Waals surface area contributed by atoms with Crippen LogP contribution in [0.2, 0.25) is 0 Å². The van der Waals surface area contributed by atoms with Crippen molar-refractivity contribution in [1.29, 1.82) is 5.26 Å². The minimum atomic E-state index is -0.823. The molecule has 1 atom stereocenters. The maximum absolute atomic E-state index is 13.6. The predicted octanol–water partition coefficient (Wildman–Crippen LogP) is 2.86. The minimum Gasteiger partial charge on any atom is -0.459 e. The van der Waals surface area contributed by atoms with Crippen molar-refractivity contribution in [3.05, 3.63) is 58.4 Å². The average molecular weight is 316 g/mol. The van der Waals surface area contributed by atoms with Gasteiger partial charge < -0.3 is 15.2 Å². The quantitative estimate of drug-likeness (QED) is 0.867. The number of nitrogens with two attached hydrogens (primary N) is 1. The zero-order chi connectivity index (χ0) is 17.1. The van der Waals surface area contributed by atoms with Crippen LogP contribution in [0.4, 0.5) is 4.39 Å². The molecule has 1 heterocycles. The molecule has 0 saturated carbocycles. The van der Waals surface area contributed by atoms with Crippen molar-refractivity contribution < 1.29 is 18.7 Å². The highest BCUT2D eigenvalue weighted by atomic mass is 19.1. The molecular weight excluding hydrogens is 299 g/mol. The summed E-state index contributed by atoms with van der Waals surface area (Å²) in [4.78, 5) is 12.4. The molecule has 5 nitrogen and oxygen atoms in total. The van der Waals surface area contributed by atoms with E-state index in [1.807, 2.05) is 6.07 Å². The summed E-state index contributed by atoms with van der Waals surface area (Å²) >= 11 is 0. The first-order chi connectivity index (χ1) is 10.8. The Labute approximate surface area is 133 Å². The summed E-state index contributed by atoms with van der Waals surface area (Å²) in [7, 11) is 0. The van der Waals surface area contributed by atoms with Crippen molar-refractivity contribution in [2.45, 2.75) is 32.8 Å². The summed E-state index contributed by atoms with van der Waals surface area (Å²) in [6, 6.07) is 7.62. The van der Waals surface area contributed by atoms with Gasteiger partial charge in [0.15, 0.2) is 0 Å². The molecular formula is C17H17FN2O3. The number of esters is 1. The number of halogens is 1. The molecule has 120 valence electrons. The van der Waals surface area contributed by atoms with E-state index < -0.39 is 17.7 Å². The van der Waals surface area contributed by atoms with Gasteiger partial charge in [-0.05, 0) is 38.5 Å². The Bertz CT molecular complexity index is 744. The molecule has 23 heavy (non-hydrogen) atoms. The van der Waals surface area contributed by atoms with Crippen molar-refractivity contribution in [3.63, 3.8) is 0 Å². The average Bonchev–Trinajstić information content (AvgIpc) is 2.45. The first-order valence-corrected chi connectivity index (χ1v) is 7.10. The number of nitrogens with zero attached hydrogens (tertiary/aromatic N) is 1. The van der Waals surface area contributed by atoms with Gasteiger partial charge in [-0.2, -0.15) is 5.26 Å². The lowest BCUT2D eigenvalue weighted by atomic mass is 9.83. The standard InChI is InChI=1S/C17H17FN2O3/c1-9(2)22-17(21)14-10(3)23-16(20)13(8-19)15(14)11-5-4-6-12(18)7-11/h4-7,9,15H,20H2,1-3H3/t15-/m0/s1. The van der Waals surface area contributed by atoms with Crippen molar-refractivity contribution in [1.82, 2.24) is 0 Å². The monoisotopic (exact) mass is 316 g/mol.